The maximum Gasteiger partial charge on any atom is -0.0219 e. The number of rotatable bonds is 2. The molecule has 0 aromatic heterocycles. The van der Waals surface area contributed by atoms with Crippen molar-refractivity contribution in [2.75, 3.05) is 0 Å². The van der Waals surface area contributed by atoms with Gasteiger partial charge in [0.2, 0.25) is 0 Å². The average molecular weight is 232 g/mol. The molecule has 0 amide bonds. The minimum atomic E-state index is 0.659. The lowest BCUT2D eigenvalue weighted by Gasteiger charge is -2.01. The first-order valence-corrected chi connectivity index (χ1v) is 6.37. The van der Waals surface area contributed by atoms with Gasteiger partial charge < -0.3 is 0 Å². The standard InChI is InChI=1S/C9H12.C5H10.C3H6/c1-8(2)9-6-4-3-5-7-9;1-3-5-4-2;1-3-2/h3-8H,1-2H3;3,5H,4H2,1-2H3;3H,1H2,2H3/b;5-3+;. The van der Waals surface area contributed by atoms with E-state index in [1.54, 1.807) is 6.08 Å². The highest BCUT2D eigenvalue weighted by atomic mass is 14.0. The molecule has 0 saturated heterocycles. The normalized spacial score (nSPS) is 9.06. The first-order chi connectivity index (χ1) is 8.13. The van der Waals surface area contributed by atoms with E-state index in [2.05, 4.69) is 63.8 Å². The van der Waals surface area contributed by atoms with Crippen LogP contribution < -0.4 is 0 Å². The monoisotopic (exact) mass is 232 g/mol. The molecule has 0 heterocycles. The molecule has 0 N–H and O–H groups in total. The molecule has 17 heavy (non-hydrogen) atoms. The van der Waals surface area contributed by atoms with Gasteiger partial charge in [0, 0.05) is 0 Å². The van der Waals surface area contributed by atoms with Crippen LogP contribution in [0.5, 0.6) is 0 Å². The Morgan fingerprint density at radius 3 is 1.76 bits per heavy atom. The second kappa shape index (κ2) is 14.7. The molecule has 0 aliphatic heterocycles. The van der Waals surface area contributed by atoms with E-state index in [1.165, 1.54) is 5.56 Å². The third-order valence-electron chi connectivity index (χ3n) is 1.94. The van der Waals surface area contributed by atoms with E-state index in [4.69, 9.17) is 0 Å². The highest BCUT2D eigenvalue weighted by molar-refractivity contribution is 5.17. The molecule has 1 aromatic carbocycles. The van der Waals surface area contributed by atoms with E-state index in [9.17, 15) is 0 Å². The van der Waals surface area contributed by atoms with Gasteiger partial charge in [-0.3, -0.25) is 0 Å². The number of hydrogen-bond donors (Lipinski definition) is 0. The van der Waals surface area contributed by atoms with Crippen molar-refractivity contribution in [2.45, 2.75) is 47.0 Å². The average Bonchev–Trinajstić information content (AvgIpc) is 2.33. The van der Waals surface area contributed by atoms with Gasteiger partial charge in [-0.05, 0) is 31.7 Å². The van der Waals surface area contributed by atoms with E-state index >= 15 is 0 Å². The molecule has 0 unspecified atom stereocenters. The van der Waals surface area contributed by atoms with E-state index < -0.39 is 0 Å². The van der Waals surface area contributed by atoms with Crippen molar-refractivity contribution in [3.05, 3.63) is 60.7 Å². The van der Waals surface area contributed by atoms with Crippen LogP contribution in [0.3, 0.4) is 0 Å². The van der Waals surface area contributed by atoms with Gasteiger partial charge in [0.15, 0.2) is 0 Å². The SMILES string of the molecule is C/C=C/CC.C=CC.CC(C)c1ccccc1. The summed E-state index contributed by atoms with van der Waals surface area (Å²) in [6, 6.07) is 10.5. The number of allylic oxidation sites excluding steroid dienone is 3. The Bertz CT molecular complexity index is 267. The number of benzene rings is 1. The van der Waals surface area contributed by atoms with Gasteiger partial charge >= 0.3 is 0 Å². The predicted octanol–water partition coefficient (Wildman–Crippen LogP) is 5.97. The fourth-order valence-corrected chi connectivity index (χ4v) is 1.07. The van der Waals surface area contributed by atoms with E-state index in [0.717, 1.165) is 6.42 Å². The van der Waals surface area contributed by atoms with Crippen molar-refractivity contribution in [1.82, 2.24) is 0 Å². The first-order valence-electron chi connectivity index (χ1n) is 6.37. The maximum absolute atomic E-state index is 3.36. The second-order valence-corrected chi connectivity index (χ2v) is 3.95. The smallest absolute Gasteiger partial charge is 0.0219 e. The lowest BCUT2D eigenvalue weighted by Crippen LogP contribution is -1.83. The molecule has 0 radical (unpaired) electrons. The molecule has 0 spiro atoms. The topological polar surface area (TPSA) is 0 Å². The van der Waals surface area contributed by atoms with Crippen LogP contribution in [-0.2, 0) is 0 Å². The van der Waals surface area contributed by atoms with Crippen molar-refractivity contribution in [3.63, 3.8) is 0 Å². The van der Waals surface area contributed by atoms with Gasteiger partial charge in [-0.1, -0.05) is 69.3 Å². The molecule has 0 heteroatoms. The Morgan fingerprint density at radius 2 is 1.59 bits per heavy atom. The molecule has 1 aromatic rings. The maximum atomic E-state index is 3.36. The fraction of sp³-hybridized carbons (Fsp3) is 0.412. The Kier molecular flexibility index (Phi) is 15.6. The van der Waals surface area contributed by atoms with Crippen molar-refractivity contribution in [3.8, 4) is 0 Å². The van der Waals surface area contributed by atoms with Gasteiger partial charge in [-0.2, -0.15) is 0 Å². The molecule has 0 saturated carbocycles. The van der Waals surface area contributed by atoms with Gasteiger partial charge in [0.25, 0.3) is 0 Å². The molecule has 0 atom stereocenters. The minimum absolute atomic E-state index is 0.659. The lowest BCUT2D eigenvalue weighted by atomic mass is 10.0. The Balaban J connectivity index is 0. The van der Waals surface area contributed by atoms with E-state index in [0.29, 0.717) is 5.92 Å². The fourth-order valence-electron chi connectivity index (χ4n) is 1.07. The molecule has 0 aliphatic carbocycles. The van der Waals surface area contributed by atoms with Crippen LogP contribution in [0.25, 0.3) is 0 Å². The summed E-state index contributed by atoms with van der Waals surface area (Å²) in [6.07, 6.45) is 7.09. The highest BCUT2D eigenvalue weighted by Crippen LogP contribution is 2.11. The predicted molar refractivity (Wildman–Crippen MR) is 81.5 cm³/mol. The summed E-state index contributed by atoms with van der Waals surface area (Å²) >= 11 is 0. The van der Waals surface area contributed by atoms with Crippen LogP contribution in [-0.4, -0.2) is 0 Å². The zero-order valence-corrected chi connectivity index (χ0v) is 12.1. The van der Waals surface area contributed by atoms with Gasteiger partial charge in [0.05, 0.1) is 0 Å². The minimum Gasteiger partial charge on any atom is -0.103 e. The van der Waals surface area contributed by atoms with Crippen LogP contribution in [0.4, 0.5) is 0 Å². The zero-order valence-electron chi connectivity index (χ0n) is 12.1. The summed E-state index contributed by atoms with van der Waals surface area (Å²) in [5, 5.41) is 0. The summed E-state index contributed by atoms with van der Waals surface area (Å²) in [6.45, 7) is 13.8. The van der Waals surface area contributed by atoms with Crippen LogP contribution in [0.15, 0.2) is 55.1 Å². The van der Waals surface area contributed by atoms with Crippen LogP contribution >= 0.6 is 0 Å². The van der Waals surface area contributed by atoms with Crippen molar-refractivity contribution >= 4 is 0 Å². The van der Waals surface area contributed by atoms with E-state index in [-0.39, 0.29) is 0 Å². The van der Waals surface area contributed by atoms with Gasteiger partial charge in [0.1, 0.15) is 0 Å². The molecule has 96 valence electrons. The van der Waals surface area contributed by atoms with Crippen LogP contribution in [0.1, 0.15) is 52.5 Å². The largest absolute Gasteiger partial charge is 0.103 e. The summed E-state index contributed by atoms with van der Waals surface area (Å²) in [4.78, 5) is 0. The summed E-state index contributed by atoms with van der Waals surface area (Å²) < 4.78 is 0. The Morgan fingerprint density at radius 1 is 1.12 bits per heavy atom. The number of hydrogen-bond acceptors (Lipinski definition) is 0. The van der Waals surface area contributed by atoms with Crippen molar-refractivity contribution in [2.24, 2.45) is 0 Å². The summed E-state index contributed by atoms with van der Waals surface area (Å²) in [5.74, 6) is 0.659. The third kappa shape index (κ3) is 14.7. The van der Waals surface area contributed by atoms with Gasteiger partial charge in [-0.15, -0.1) is 6.58 Å². The van der Waals surface area contributed by atoms with Gasteiger partial charge in [-0.25, -0.2) is 0 Å². The second-order valence-electron chi connectivity index (χ2n) is 3.95. The summed E-state index contributed by atoms with van der Waals surface area (Å²) in [7, 11) is 0. The quantitative estimate of drug-likeness (QED) is 0.551. The third-order valence-corrected chi connectivity index (χ3v) is 1.94. The lowest BCUT2D eigenvalue weighted by molar-refractivity contribution is 0.867. The molecule has 0 aliphatic rings. The Hall–Kier alpha value is -1.30. The summed E-state index contributed by atoms with van der Waals surface area (Å²) in [5.41, 5.74) is 1.41. The van der Waals surface area contributed by atoms with Crippen LogP contribution in [0, 0.1) is 0 Å². The molecular formula is C17H28. The molecule has 0 fully saturated rings. The molecule has 1 rings (SSSR count). The van der Waals surface area contributed by atoms with Crippen LogP contribution in [0.2, 0.25) is 0 Å². The molecular weight excluding hydrogens is 204 g/mol. The van der Waals surface area contributed by atoms with Crippen molar-refractivity contribution in [1.29, 1.82) is 0 Å². The van der Waals surface area contributed by atoms with Crippen molar-refractivity contribution < 1.29 is 0 Å². The Labute approximate surface area is 108 Å². The molecule has 0 nitrogen and oxygen atoms in total. The van der Waals surface area contributed by atoms with E-state index in [1.807, 2.05) is 19.9 Å². The molecule has 0 bridgehead atoms. The first kappa shape index (κ1) is 18.1. The highest BCUT2D eigenvalue weighted by Gasteiger charge is 1.93. The zero-order chi connectivity index (χ0) is 13.5.